The third-order valence-corrected chi connectivity index (χ3v) is 1.08. The second kappa shape index (κ2) is 6.26. The van der Waals surface area contributed by atoms with E-state index in [2.05, 4.69) is 17.5 Å². The highest BCUT2D eigenvalue weighted by Gasteiger charge is 1.95. The summed E-state index contributed by atoms with van der Waals surface area (Å²) in [6.45, 7) is 3.82. The van der Waals surface area contributed by atoms with Crippen molar-refractivity contribution in [1.29, 1.82) is 0 Å². The van der Waals surface area contributed by atoms with Gasteiger partial charge in [-0.2, -0.15) is 5.10 Å². The van der Waals surface area contributed by atoms with Gasteiger partial charge < -0.3 is 0 Å². The largest absolute Gasteiger partial charge is 0.273 e. The highest BCUT2D eigenvalue weighted by molar-refractivity contribution is 5.76. The molecule has 0 saturated carbocycles. The molecule has 0 radical (unpaired) electrons. The number of hydrogen-bond donors (Lipinski definition) is 1. The van der Waals surface area contributed by atoms with E-state index in [0.717, 1.165) is 12.8 Å². The minimum absolute atomic E-state index is 0.0000463. The Balaban J connectivity index is 3.25. The molecular formula is C7H14N2O. The molecule has 0 aliphatic heterocycles. The molecule has 0 saturated heterocycles. The third-order valence-electron chi connectivity index (χ3n) is 1.08. The predicted molar refractivity (Wildman–Crippen MR) is 41.8 cm³/mol. The van der Waals surface area contributed by atoms with Crippen LogP contribution in [0.5, 0.6) is 0 Å². The van der Waals surface area contributed by atoms with Crippen molar-refractivity contribution in [3.63, 3.8) is 0 Å². The zero-order chi connectivity index (χ0) is 7.82. The molecule has 0 aliphatic carbocycles. The molecule has 0 fully saturated rings. The number of nitrogens with zero attached hydrogens (tertiary/aromatic N) is 1. The van der Waals surface area contributed by atoms with Gasteiger partial charge in [0.25, 0.3) is 0 Å². The molecule has 3 heteroatoms. The van der Waals surface area contributed by atoms with Gasteiger partial charge in [-0.1, -0.05) is 13.3 Å². The molecule has 0 atom stereocenters. The monoisotopic (exact) mass is 142 g/mol. The summed E-state index contributed by atoms with van der Waals surface area (Å²) in [6, 6.07) is 0. The molecule has 0 aromatic carbocycles. The first-order chi connectivity index (χ1) is 4.81. The zero-order valence-corrected chi connectivity index (χ0v) is 6.55. The normalized spacial score (nSPS) is 10.2. The predicted octanol–water partition coefficient (Wildman–Crippen LogP) is 1.30. The average molecular weight is 142 g/mol. The van der Waals surface area contributed by atoms with Crippen molar-refractivity contribution in [2.75, 3.05) is 0 Å². The van der Waals surface area contributed by atoms with Gasteiger partial charge in [0.2, 0.25) is 5.91 Å². The van der Waals surface area contributed by atoms with E-state index in [-0.39, 0.29) is 5.91 Å². The molecule has 1 N–H and O–H groups in total. The second-order valence-electron chi connectivity index (χ2n) is 2.03. The van der Waals surface area contributed by atoms with Crippen LogP contribution in [0, 0.1) is 0 Å². The highest BCUT2D eigenvalue weighted by atomic mass is 16.2. The Morgan fingerprint density at radius 2 is 2.40 bits per heavy atom. The summed E-state index contributed by atoms with van der Waals surface area (Å²) in [7, 11) is 0. The zero-order valence-electron chi connectivity index (χ0n) is 6.55. The standard InChI is InChI=1S/C7H14N2O/c1-3-5-6-7(10)9-8-4-2/h4H,3,5-6H2,1-2H3,(H,9,10)/b8-4-. The van der Waals surface area contributed by atoms with Gasteiger partial charge in [0.1, 0.15) is 0 Å². The van der Waals surface area contributed by atoms with Crippen LogP contribution in [0.2, 0.25) is 0 Å². The summed E-state index contributed by atoms with van der Waals surface area (Å²) < 4.78 is 0. The quantitative estimate of drug-likeness (QED) is 0.466. The summed E-state index contributed by atoms with van der Waals surface area (Å²) in [5.74, 6) is -0.0000463. The van der Waals surface area contributed by atoms with Crippen LogP contribution < -0.4 is 5.43 Å². The van der Waals surface area contributed by atoms with Crippen molar-refractivity contribution >= 4 is 12.1 Å². The van der Waals surface area contributed by atoms with Gasteiger partial charge >= 0.3 is 0 Å². The van der Waals surface area contributed by atoms with Crippen molar-refractivity contribution in [2.45, 2.75) is 33.1 Å². The van der Waals surface area contributed by atoms with Crippen LogP contribution in [0.25, 0.3) is 0 Å². The minimum atomic E-state index is -0.0000463. The number of nitrogens with one attached hydrogen (secondary N) is 1. The van der Waals surface area contributed by atoms with Gasteiger partial charge in [-0.05, 0) is 13.3 Å². The minimum Gasteiger partial charge on any atom is -0.273 e. The second-order valence-corrected chi connectivity index (χ2v) is 2.03. The van der Waals surface area contributed by atoms with Crippen molar-refractivity contribution in [2.24, 2.45) is 5.10 Å². The third kappa shape index (κ3) is 5.28. The maximum Gasteiger partial charge on any atom is 0.240 e. The van der Waals surface area contributed by atoms with Crippen molar-refractivity contribution in [3.8, 4) is 0 Å². The lowest BCUT2D eigenvalue weighted by atomic mass is 10.2. The Hall–Kier alpha value is -0.860. The van der Waals surface area contributed by atoms with Crippen molar-refractivity contribution < 1.29 is 4.79 Å². The Kier molecular flexibility index (Phi) is 5.72. The van der Waals surface area contributed by atoms with Crippen LogP contribution >= 0.6 is 0 Å². The van der Waals surface area contributed by atoms with Gasteiger partial charge in [-0.15, -0.1) is 0 Å². The highest BCUT2D eigenvalue weighted by Crippen LogP contribution is 1.92. The van der Waals surface area contributed by atoms with Gasteiger partial charge in [-0.3, -0.25) is 4.79 Å². The summed E-state index contributed by atoms with van der Waals surface area (Å²) in [4.78, 5) is 10.7. The molecule has 0 bridgehead atoms. The van der Waals surface area contributed by atoms with E-state index in [0.29, 0.717) is 6.42 Å². The van der Waals surface area contributed by atoms with E-state index in [4.69, 9.17) is 0 Å². The van der Waals surface area contributed by atoms with Gasteiger partial charge in [0.15, 0.2) is 0 Å². The Morgan fingerprint density at radius 1 is 1.70 bits per heavy atom. The van der Waals surface area contributed by atoms with E-state index >= 15 is 0 Å². The fourth-order valence-corrected chi connectivity index (χ4v) is 0.530. The van der Waals surface area contributed by atoms with E-state index in [1.165, 1.54) is 0 Å². The van der Waals surface area contributed by atoms with Crippen LogP contribution in [-0.2, 0) is 4.79 Å². The van der Waals surface area contributed by atoms with E-state index in [1.807, 2.05) is 0 Å². The summed E-state index contributed by atoms with van der Waals surface area (Å²) in [5.41, 5.74) is 2.40. The molecule has 58 valence electrons. The Labute approximate surface area is 61.5 Å². The first-order valence-corrected chi connectivity index (χ1v) is 3.57. The summed E-state index contributed by atoms with van der Waals surface area (Å²) in [6.07, 6.45) is 4.12. The van der Waals surface area contributed by atoms with Gasteiger partial charge in [-0.25, -0.2) is 5.43 Å². The van der Waals surface area contributed by atoms with Crippen molar-refractivity contribution in [3.05, 3.63) is 0 Å². The molecule has 0 aliphatic rings. The molecule has 0 unspecified atom stereocenters. The lowest BCUT2D eigenvalue weighted by molar-refractivity contribution is -0.121. The van der Waals surface area contributed by atoms with Crippen LogP contribution in [0.1, 0.15) is 33.1 Å². The molecule has 1 amide bonds. The SMILES string of the molecule is C/C=N\NC(=O)CCCC. The van der Waals surface area contributed by atoms with Gasteiger partial charge in [0, 0.05) is 12.6 Å². The average Bonchev–Trinajstić information content (AvgIpc) is 1.97. The summed E-state index contributed by atoms with van der Waals surface area (Å²) in [5, 5.41) is 3.60. The topological polar surface area (TPSA) is 41.5 Å². The number of unbranched alkanes of at least 4 members (excludes halogenated alkanes) is 1. The maximum absolute atomic E-state index is 10.7. The number of amides is 1. The first kappa shape index (κ1) is 9.14. The van der Waals surface area contributed by atoms with Crippen LogP contribution in [0.15, 0.2) is 5.10 Å². The number of carbonyl (C=O) groups excluding carboxylic acids is 1. The van der Waals surface area contributed by atoms with Crippen LogP contribution in [0.4, 0.5) is 0 Å². The number of carbonyl (C=O) groups is 1. The van der Waals surface area contributed by atoms with E-state index in [9.17, 15) is 4.79 Å². The van der Waals surface area contributed by atoms with Crippen LogP contribution in [-0.4, -0.2) is 12.1 Å². The molecule has 10 heavy (non-hydrogen) atoms. The van der Waals surface area contributed by atoms with Gasteiger partial charge in [0.05, 0.1) is 0 Å². The smallest absolute Gasteiger partial charge is 0.240 e. The Bertz CT molecular complexity index is 121. The lowest BCUT2D eigenvalue weighted by Crippen LogP contribution is -2.16. The Morgan fingerprint density at radius 3 is 2.90 bits per heavy atom. The van der Waals surface area contributed by atoms with Crippen LogP contribution in [0.3, 0.4) is 0 Å². The maximum atomic E-state index is 10.7. The lowest BCUT2D eigenvalue weighted by Gasteiger charge is -1.95. The summed E-state index contributed by atoms with van der Waals surface area (Å²) >= 11 is 0. The molecule has 0 aromatic rings. The number of rotatable bonds is 4. The fraction of sp³-hybridized carbons (Fsp3) is 0.714. The molecule has 0 rings (SSSR count). The molecular weight excluding hydrogens is 128 g/mol. The molecule has 0 spiro atoms. The molecule has 0 aromatic heterocycles. The molecule has 0 heterocycles. The molecule has 3 nitrogen and oxygen atoms in total. The fourth-order valence-electron chi connectivity index (χ4n) is 0.530. The van der Waals surface area contributed by atoms with E-state index in [1.54, 1.807) is 13.1 Å². The van der Waals surface area contributed by atoms with Crippen molar-refractivity contribution in [1.82, 2.24) is 5.43 Å². The first-order valence-electron chi connectivity index (χ1n) is 3.57. The van der Waals surface area contributed by atoms with E-state index < -0.39 is 0 Å². The number of hydrazone groups is 1. The number of hydrogen-bond acceptors (Lipinski definition) is 2.